The molecular weight excluding hydrogens is 546 g/mol. The van der Waals surface area contributed by atoms with Crippen LogP contribution in [-0.4, -0.2) is 87.7 Å². The summed E-state index contributed by atoms with van der Waals surface area (Å²) in [7, 11) is 0. The highest BCUT2D eigenvalue weighted by atomic mass is 16.3. The van der Waals surface area contributed by atoms with Gasteiger partial charge < -0.3 is 41.5 Å². The molecule has 42 heavy (non-hydrogen) atoms. The van der Waals surface area contributed by atoms with Crippen molar-refractivity contribution in [3.63, 3.8) is 0 Å². The van der Waals surface area contributed by atoms with Crippen LogP contribution in [0.4, 0.5) is 0 Å². The molecule has 1 saturated carbocycles. The number of aromatic amines is 1. The van der Waals surface area contributed by atoms with Crippen molar-refractivity contribution in [1.82, 2.24) is 36.6 Å². The first kappa shape index (κ1) is 34.4. The number of aliphatic hydroxyl groups excluding tert-OH is 1. The van der Waals surface area contributed by atoms with E-state index >= 15 is 0 Å². The van der Waals surface area contributed by atoms with E-state index in [1.54, 1.807) is 20.0 Å². The largest absolute Gasteiger partial charge is 0.394 e. The molecule has 1 aromatic rings. The Balaban J connectivity index is 2.10. The van der Waals surface area contributed by atoms with Crippen molar-refractivity contribution in [2.24, 2.45) is 11.8 Å². The van der Waals surface area contributed by atoms with Crippen molar-refractivity contribution >= 4 is 35.8 Å². The molecule has 0 aromatic carbocycles. The van der Waals surface area contributed by atoms with Crippen molar-refractivity contribution in [3.05, 3.63) is 18.2 Å². The summed E-state index contributed by atoms with van der Waals surface area (Å²) in [5.41, 5.74) is 0.603. The molecule has 5 atom stereocenters. The maximum absolute atomic E-state index is 13.5. The molecule has 0 bridgehead atoms. The lowest BCUT2D eigenvalue weighted by atomic mass is 9.84. The van der Waals surface area contributed by atoms with Gasteiger partial charge >= 0.3 is 0 Å². The smallest absolute Gasteiger partial charge is 0.245 e. The van der Waals surface area contributed by atoms with Gasteiger partial charge in [0, 0.05) is 19.5 Å². The number of amides is 5. The first-order valence-corrected chi connectivity index (χ1v) is 14.5. The number of aromatic nitrogens is 2. The van der Waals surface area contributed by atoms with Crippen LogP contribution >= 0.6 is 0 Å². The first-order chi connectivity index (χ1) is 19.9. The van der Waals surface area contributed by atoms with Crippen molar-refractivity contribution in [2.75, 3.05) is 6.61 Å². The summed E-state index contributed by atoms with van der Waals surface area (Å²) >= 11 is 0. The summed E-state index contributed by atoms with van der Waals surface area (Å²) in [6, 6.07) is -5.12. The van der Waals surface area contributed by atoms with Crippen LogP contribution in [0, 0.1) is 11.8 Å². The zero-order valence-corrected chi connectivity index (χ0v) is 24.8. The quantitative estimate of drug-likeness (QED) is 0.121. The maximum Gasteiger partial charge on any atom is 0.245 e. The van der Waals surface area contributed by atoms with Gasteiger partial charge in [-0.15, -0.1) is 0 Å². The Hall–Kier alpha value is -3.81. The molecule has 1 aromatic heterocycles. The van der Waals surface area contributed by atoms with Crippen molar-refractivity contribution < 1.29 is 33.9 Å². The van der Waals surface area contributed by atoms with Crippen LogP contribution in [0.15, 0.2) is 12.5 Å². The number of rotatable bonds is 16. The van der Waals surface area contributed by atoms with Crippen LogP contribution < -0.4 is 26.6 Å². The summed E-state index contributed by atoms with van der Waals surface area (Å²) in [5, 5.41) is 22.2. The zero-order chi connectivity index (χ0) is 31.2. The third kappa shape index (κ3) is 11.2. The van der Waals surface area contributed by atoms with Gasteiger partial charge in [0.05, 0.1) is 24.7 Å². The van der Waals surface area contributed by atoms with E-state index in [4.69, 9.17) is 0 Å². The fraction of sp³-hybridized carbons (Fsp3) is 0.679. The van der Waals surface area contributed by atoms with Crippen LogP contribution in [0.5, 0.6) is 0 Å². The molecular formula is C28H45N7O7. The van der Waals surface area contributed by atoms with E-state index in [0.717, 1.165) is 32.1 Å². The Morgan fingerprint density at radius 3 is 2.14 bits per heavy atom. The summed E-state index contributed by atoms with van der Waals surface area (Å²) in [4.78, 5) is 82.0. The minimum atomic E-state index is -1.23. The Morgan fingerprint density at radius 1 is 0.929 bits per heavy atom. The average molecular weight is 592 g/mol. The predicted molar refractivity (Wildman–Crippen MR) is 152 cm³/mol. The number of nitrogens with one attached hydrogen (secondary N) is 6. The lowest BCUT2D eigenvalue weighted by Crippen LogP contribution is -2.59. The van der Waals surface area contributed by atoms with Crippen LogP contribution in [-0.2, 0) is 35.2 Å². The topological polar surface area (TPSA) is 211 Å². The normalized spacial score (nSPS) is 17.2. The highest BCUT2D eigenvalue weighted by molar-refractivity contribution is 5.95. The number of hydrogen-bond donors (Lipinski definition) is 7. The number of aliphatic hydroxyl groups is 1. The Morgan fingerprint density at radius 2 is 1.60 bits per heavy atom. The average Bonchev–Trinajstić information content (AvgIpc) is 3.46. The van der Waals surface area contributed by atoms with Crippen LogP contribution in [0.25, 0.3) is 0 Å². The predicted octanol–water partition coefficient (Wildman–Crippen LogP) is -0.766. The van der Waals surface area contributed by atoms with Crippen LogP contribution in [0.1, 0.15) is 71.9 Å². The van der Waals surface area contributed by atoms with E-state index in [-0.39, 0.29) is 18.3 Å². The van der Waals surface area contributed by atoms with E-state index < -0.39 is 66.4 Å². The molecule has 14 nitrogen and oxygen atoms in total. The minimum absolute atomic E-state index is 0.191. The molecule has 0 radical (unpaired) electrons. The minimum Gasteiger partial charge on any atom is -0.394 e. The van der Waals surface area contributed by atoms with Gasteiger partial charge in [-0.25, -0.2) is 4.98 Å². The second-order valence-corrected chi connectivity index (χ2v) is 11.2. The van der Waals surface area contributed by atoms with Crippen molar-refractivity contribution in [3.8, 4) is 0 Å². The lowest BCUT2D eigenvalue weighted by Gasteiger charge is -2.30. The summed E-state index contributed by atoms with van der Waals surface area (Å²) in [5.74, 6) is -3.17. The Kier molecular flexibility index (Phi) is 14.1. The molecule has 1 fully saturated rings. The highest BCUT2D eigenvalue weighted by Crippen LogP contribution is 2.27. The van der Waals surface area contributed by atoms with Gasteiger partial charge in [0.15, 0.2) is 0 Å². The number of carbonyl (C=O) groups is 6. The molecule has 7 N–H and O–H groups in total. The van der Waals surface area contributed by atoms with E-state index in [1.165, 1.54) is 20.2 Å². The fourth-order valence-electron chi connectivity index (χ4n) is 4.93. The molecule has 5 amide bonds. The van der Waals surface area contributed by atoms with Crippen LogP contribution in [0.2, 0.25) is 0 Å². The first-order valence-electron chi connectivity index (χ1n) is 14.5. The molecule has 2 rings (SSSR count). The number of H-pyrrole nitrogens is 1. The van der Waals surface area contributed by atoms with Crippen molar-refractivity contribution in [2.45, 2.75) is 103 Å². The lowest BCUT2D eigenvalue weighted by molar-refractivity contribution is -0.135. The second kappa shape index (κ2) is 17.2. The number of nitrogens with zero attached hydrogens (tertiary/aromatic N) is 1. The summed E-state index contributed by atoms with van der Waals surface area (Å²) in [6.07, 6.45) is 9.38. The monoisotopic (exact) mass is 591 g/mol. The fourth-order valence-corrected chi connectivity index (χ4v) is 4.93. The maximum atomic E-state index is 13.5. The third-order valence-electron chi connectivity index (χ3n) is 7.28. The molecule has 1 aliphatic carbocycles. The summed E-state index contributed by atoms with van der Waals surface area (Å²) < 4.78 is 0. The third-order valence-corrected chi connectivity index (χ3v) is 7.28. The summed E-state index contributed by atoms with van der Waals surface area (Å²) in [6.45, 7) is 5.40. The van der Waals surface area contributed by atoms with E-state index in [1.807, 2.05) is 0 Å². The number of aldehydes is 1. The standard InChI is InChI=1S/C28H45N7O7/c1-16(2)24(35-25(39)17(3)31-27(41)23(14-37)32-18(4)38)28(42)34-22(10-19-8-6-5-7-9-19)26(40)33-21(13-36)11-20-12-29-15-30-20/h12-13,15-17,19,21-24,37H,5-11,14H2,1-4H3,(H,29,30)(H,31,41)(H,32,38)(H,33,40)(H,34,42)(H,35,39)/t17-,21-,22-,23-,24-/m0/s1. The SMILES string of the molecule is CC(=O)N[C@@H](CO)C(=O)N[C@@H](C)C(=O)N[C@H](C(=O)N[C@@H](CC1CCCCC1)C(=O)N[C@H](C=O)Cc1c[nH]cn1)C(C)C. The van der Waals surface area contributed by atoms with Gasteiger partial charge in [-0.05, 0) is 25.2 Å². The zero-order valence-electron chi connectivity index (χ0n) is 24.8. The van der Waals surface area contributed by atoms with Gasteiger partial charge in [0.25, 0.3) is 0 Å². The second-order valence-electron chi connectivity index (χ2n) is 11.2. The Bertz CT molecular complexity index is 1060. The molecule has 1 heterocycles. The number of carbonyl (C=O) groups excluding carboxylic acids is 6. The molecule has 0 aliphatic heterocycles. The number of imidazole rings is 1. The molecule has 0 spiro atoms. The van der Waals surface area contributed by atoms with E-state index in [0.29, 0.717) is 18.4 Å². The molecule has 234 valence electrons. The molecule has 14 heteroatoms. The van der Waals surface area contributed by atoms with E-state index in [2.05, 4.69) is 36.6 Å². The van der Waals surface area contributed by atoms with Crippen LogP contribution in [0.3, 0.4) is 0 Å². The highest BCUT2D eigenvalue weighted by Gasteiger charge is 2.33. The number of hydrogen-bond acceptors (Lipinski definition) is 8. The van der Waals surface area contributed by atoms with Crippen molar-refractivity contribution in [1.29, 1.82) is 0 Å². The van der Waals surface area contributed by atoms with Gasteiger partial charge in [0.1, 0.15) is 30.5 Å². The van der Waals surface area contributed by atoms with Gasteiger partial charge in [-0.1, -0.05) is 46.0 Å². The van der Waals surface area contributed by atoms with E-state index in [9.17, 15) is 33.9 Å². The van der Waals surface area contributed by atoms with Gasteiger partial charge in [-0.2, -0.15) is 0 Å². The molecule has 0 saturated heterocycles. The molecule has 0 unspecified atom stereocenters. The van der Waals surface area contributed by atoms with Gasteiger partial charge in [0.2, 0.25) is 29.5 Å². The molecule has 1 aliphatic rings. The van der Waals surface area contributed by atoms with Gasteiger partial charge in [-0.3, -0.25) is 24.0 Å². The Labute approximate surface area is 245 Å².